The SMILES string of the molecule is CCOC(=O)Oc1c2c(c(O)c3ncn(Cc4ccccc4)c13)C(=O)N(Cc1ccc(F)cc1)C2=O.CCOC(=O)Oc1c2c(c(OC(c3ccccc3)c3ccccc3)c3ncn(Cc4ccccc4)c13)C(=O)N(Cc1ccc(F)cc1)C2=O. The Kier molecular flexibility index (Phi) is 15.9. The summed E-state index contributed by atoms with van der Waals surface area (Å²) in [6.07, 6.45) is 0.158. The molecule has 0 fully saturated rings. The Balaban J connectivity index is 0.000000186. The molecular weight excluding hydrogens is 1090 g/mol. The molecule has 1 N–H and O–H groups in total. The maximum atomic E-state index is 14.4. The molecule has 0 saturated carbocycles. The minimum atomic E-state index is -1.07. The lowest BCUT2D eigenvalue weighted by molar-refractivity contribution is 0.0623. The van der Waals surface area contributed by atoms with E-state index in [9.17, 15) is 42.7 Å². The number of phenols is 1. The van der Waals surface area contributed by atoms with Crippen LogP contribution < -0.4 is 14.2 Å². The molecule has 0 saturated heterocycles. The van der Waals surface area contributed by atoms with Crippen LogP contribution in [0, 0.1) is 11.6 Å². The Labute approximate surface area is 483 Å². The van der Waals surface area contributed by atoms with Gasteiger partial charge in [-0.3, -0.25) is 29.0 Å². The fourth-order valence-electron chi connectivity index (χ4n) is 10.2. The zero-order valence-corrected chi connectivity index (χ0v) is 45.5. The van der Waals surface area contributed by atoms with Crippen LogP contribution in [-0.2, 0) is 35.7 Å². The maximum absolute atomic E-state index is 14.4. The molecule has 0 atom stereocenters. The van der Waals surface area contributed by atoms with E-state index in [2.05, 4.69) is 4.98 Å². The highest BCUT2D eigenvalue weighted by molar-refractivity contribution is 6.28. The van der Waals surface area contributed by atoms with Crippen LogP contribution in [0.1, 0.15) is 94.8 Å². The van der Waals surface area contributed by atoms with Crippen LogP contribution in [0.15, 0.2) is 183 Å². The van der Waals surface area contributed by atoms with Gasteiger partial charge in [0, 0.05) is 13.1 Å². The van der Waals surface area contributed by atoms with Gasteiger partial charge in [0.15, 0.2) is 23.0 Å². The molecule has 4 amide bonds. The molecule has 2 aromatic heterocycles. The third kappa shape index (κ3) is 11.2. The lowest BCUT2D eigenvalue weighted by Crippen LogP contribution is -2.29. The number of halogens is 2. The average Bonchev–Trinajstić information content (AvgIpc) is 1.68. The smallest absolute Gasteiger partial charge is 0.505 e. The van der Waals surface area contributed by atoms with Gasteiger partial charge in [-0.1, -0.05) is 146 Å². The Hall–Kier alpha value is -11.0. The van der Waals surface area contributed by atoms with Crippen LogP contribution in [0.2, 0.25) is 0 Å². The van der Waals surface area contributed by atoms with Gasteiger partial charge in [-0.05, 0) is 71.5 Å². The van der Waals surface area contributed by atoms with Crippen LogP contribution in [0.5, 0.6) is 23.0 Å². The lowest BCUT2D eigenvalue weighted by atomic mass is 10.00. The molecule has 20 heteroatoms. The number of carbonyl (C=O) groups excluding carboxylic acids is 6. The van der Waals surface area contributed by atoms with Crippen molar-refractivity contribution in [2.24, 2.45) is 0 Å². The van der Waals surface area contributed by atoms with Crippen LogP contribution in [-0.4, -0.2) is 83.2 Å². The molecule has 0 bridgehead atoms. The molecule has 10 aromatic rings. The van der Waals surface area contributed by atoms with Gasteiger partial charge in [0.25, 0.3) is 23.6 Å². The highest BCUT2D eigenvalue weighted by Gasteiger charge is 2.46. The summed E-state index contributed by atoms with van der Waals surface area (Å²) in [7, 11) is 0. The van der Waals surface area contributed by atoms with Crippen molar-refractivity contribution >= 4 is 58.0 Å². The fraction of sp³-hybridized carbons (Fsp3) is 0.138. The number of carbonyl (C=O) groups is 6. The number of benzene rings is 8. The van der Waals surface area contributed by atoms with E-state index in [1.54, 1.807) is 29.3 Å². The van der Waals surface area contributed by atoms with E-state index in [-0.39, 0.29) is 94.4 Å². The summed E-state index contributed by atoms with van der Waals surface area (Å²) >= 11 is 0. The number of rotatable bonds is 16. The molecule has 4 heterocycles. The highest BCUT2D eigenvalue weighted by atomic mass is 19.1. The predicted octanol–water partition coefficient (Wildman–Crippen LogP) is 12.0. The zero-order valence-electron chi connectivity index (χ0n) is 45.5. The van der Waals surface area contributed by atoms with E-state index in [0.29, 0.717) is 17.7 Å². The second-order valence-electron chi connectivity index (χ2n) is 19.5. The number of hydrogen-bond acceptors (Lipinski definition) is 14. The first-order valence-corrected chi connectivity index (χ1v) is 26.8. The largest absolute Gasteiger partial charge is 0.513 e. The molecule has 8 aromatic carbocycles. The van der Waals surface area contributed by atoms with Gasteiger partial charge in [0.05, 0.1) is 39.0 Å². The van der Waals surface area contributed by atoms with E-state index in [1.165, 1.54) is 54.9 Å². The topological polar surface area (TPSA) is 211 Å². The number of fused-ring (bicyclic) bond motifs is 4. The van der Waals surface area contributed by atoms with Gasteiger partial charge in [0.2, 0.25) is 0 Å². The van der Waals surface area contributed by atoms with Gasteiger partial charge in [-0.2, -0.15) is 0 Å². The highest BCUT2D eigenvalue weighted by Crippen LogP contribution is 2.48. The van der Waals surface area contributed by atoms with E-state index in [0.717, 1.165) is 32.1 Å². The number of ether oxygens (including phenoxy) is 5. The third-order valence-corrected chi connectivity index (χ3v) is 14.0. The molecule has 0 aliphatic carbocycles. The molecule has 0 radical (unpaired) electrons. The molecular formula is C65H50F2N6O12. The van der Waals surface area contributed by atoms with Crippen LogP contribution >= 0.6 is 0 Å². The number of imidazole rings is 2. The summed E-state index contributed by atoms with van der Waals surface area (Å²) in [6.45, 7) is 3.53. The Bertz CT molecular complexity index is 4140. The van der Waals surface area contributed by atoms with Crippen molar-refractivity contribution in [1.29, 1.82) is 0 Å². The van der Waals surface area contributed by atoms with Crippen molar-refractivity contribution < 1.29 is 66.3 Å². The summed E-state index contributed by atoms with van der Waals surface area (Å²) in [5.41, 5.74) is 4.22. The van der Waals surface area contributed by atoms with Crippen molar-refractivity contribution in [3.8, 4) is 23.0 Å². The van der Waals surface area contributed by atoms with Crippen molar-refractivity contribution in [2.45, 2.75) is 46.1 Å². The monoisotopic (exact) mass is 1140 g/mol. The number of imide groups is 2. The Morgan fingerprint density at radius 2 is 0.812 bits per heavy atom. The predicted molar refractivity (Wildman–Crippen MR) is 304 cm³/mol. The molecule has 85 heavy (non-hydrogen) atoms. The molecule has 18 nitrogen and oxygen atoms in total. The van der Waals surface area contributed by atoms with E-state index >= 15 is 0 Å². The second-order valence-corrected chi connectivity index (χ2v) is 19.5. The number of aromatic nitrogens is 4. The molecule has 2 aliphatic heterocycles. The summed E-state index contributed by atoms with van der Waals surface area (Å²) in [5.74, 6) is -4.69. The lowest BCUT2D eigenvalue weighted by Gasteiger charge is -2.22. The van der Waals surface area contributed by atoms with Gasteiger partial charge < -0.3 is 37.9 Å². The summed E-state index contributed by atoms with van der Waals surface area (Å²) in [5, 5.41) is 11.0. The second kappa shape index (κ2) is 24.2. The number of aromatic hydroxyl groups is 1. The van der Waals surface area contributed by atoms with E-state index in [1.807, 2.05) is 121 Å². The molecule has 426 valence electrons. The first-order valence-electron chi connectivity index (χ1n) is 26.8. The van der Waals surface area contributed by atoms with Crippen LogP contribution in [0.25, 0.3) is 22.1 Å². The normalized spacial score (nSPS) is 12.6. The maximum Gasteiger partial charge on any atom is 0.513 e. The van der Waals surface area contributed by atoms with Crippen LogP contribution in [0.4, 0.5) is 18.4 Å². The van der Waals surface area contributed by atoms with Crippen molar-refractivity contribution in [3.63, 3.8) is 0 Å². The first kappa shape index (κ1) is 55.9. The Morgan fingerprint density at radius 1 is 0.459 bits per heavy atom. The van der Waals surface area contributed by atoms with Crippen molar-refractivity contribution in [2.75, 3.05) is 13.2 Å². The van der Waals surface area contributed by atoms with E-state index in [4.69, 9.17) is 28.7 Å². The Morgan fingerprint density at radius 3 is 1.24 bits per heavy atom. The first-order chi connectivity index (χ1) is 41.3. The molecule has 0 spiro atoms. The number of nitrogens with zero attached hydrogens (tertiary/aromatic N) is 6. The fourth-order valence-corrected chi connectivity index (χ4v) is 10.2. The number of phenolic OH excluding ortho intramolecular Hbond substituents is 1. The zero-order chi connectivity index (χ0) is 59.3. The van der Waals surface area contributed by atoms with Gasteiger partial charge in [0.1, 0.15) is 62.1 Å². The van der Waals surface area contributed by atoms with Gasteiger partial charge in [-0.15, -0.1) is 0 Å². The molecule has 2 aliphatic rings. The van der Waals surface area contributed by atoms with E-state index < -0.39 is 59.4 Å². The van der Waals surface area contributed by atoms with Gasteiger partial charge in [-0.25, -0.2) is 28.3 Å². The standard InChI is InChI=1S/C39H30FN3O6.C26H20FN3O6/c1-2-47-39(46)49-36-31-30(37(44)43(38(31)45)23-26-18-20-29(40)21-19-26)35(32-33(36)42(24-41-32)22-25-12-6-3-7-13-25)48-34(27-14-8-4-9-15-27)28-16-10-5-11-17-28;1-2-35-26(34)36-23-19-18(24(32)30(25(19)33)13-16-8-10-17(27)11-9-16)22(31)20-21(23)29(14-28-20)12-15-6-4-3-5-7-15/h3-21,24,34H,2,22-23H2,1H3;3-11,14,31H,2,12-13H2,1H3. The van der Waals surface area contributed by atoms with Crippen molar-refractivity contribution in [1.82, 2.24) is 28.9 Å². The summed E-state index contributed by atoms with van der Waals surface area (Å²) in [4.78, 5) is 91.7. The van der Waals surface area contributed by atoms with Gasteiger partial charge >= 0.3 is 12.3 Å². The van der Waals surface area contributed by atoms with Crippen LogP contribution in [0.3, 0.4) is 0 Å². The number of amides is 4. The minimum Gasteiger partial charge on any atom is -0.505 e. The van der Waals surface area contributed by atoms with Crippen molar-refractivity contribution in [3.05, 3.63) is 250 Å². The average molecular weight is 1150 g/mol. The minimum absolute atomic E-state index is 0.00578. The summed E-state index contributed by atoms with van der Waals surface area (Å²) in [6, 6.07) is 48.7. The third-order valence-electron chi connectivity index (χ3n) is 14.0. The quantitative estimate of drug-likeness (QED) is 0.0542. The molecule has 12 rings (SSSR count). The molecule has 0 unspecified atom stereocenters. The number of hydrogen-bond donors (Lipinski definition) is 1. The summed E-state index contributed by atoms with van der Waals surface area (Å²) < 4.78 is 58.6.